The fraction of sp³-hybridized carbons (Fsp3) is 0.462. The molecule has 1 aliphatic rings. The van der Waals surface area contributed by atoms with Crippen LogP contribution in [0.3, 0.4) is 0 Å². The third kappa shape index (κ3) is 1.91. The Bertz CT molecular complexity index is 502. The van der Waals surface area contributed by atoms with Crippen molar-refractivity contribution in [3.05, 3.63) is 28.8 Å². The lowest BCUT2D eigenvalue weighted by Gasteiger charge is -2.13. The van der Waals surface area contributed by atoms with Crippen molar-refractivity contribution in [2.24, 2.45) is 0 Å². The van der Waals surface area contributed by atoms with Gasteiger partial charge in [0, 0.05) is 11.3 Å². The standard InChI is InChI=1S/C13H16N2OS/c16-8-7-15-11-5-2-1-4-10(11)13(14-15)12-6-3-9-17-12/h3,6,9,16H,1-2,4-5,7-8H2. The number of thiophene rings is 1. The number of aromatic nitrogens is 2. The summed E-state index contributed by atoms with van der Waals surface area (Å²) in [4.78, 5) is 1.25. The Labute approximate surface area is 105 Å². The summed E-state index contributed by atoms with van der Waals surface area (Å²) in [6.07, 6.45) is 4.74. The van der Waals surface area contributed by atoms with Crippen LogP contribution in [0.4, 0.5) is 0 Å². The number of rotatable bonds is 3. The molecule has 0 fully saturated rings. The third-order valence-corrected chi connectivity index (χ3v) is 4.20. The summed E-state index contributed by atoms with van der Waals surface area (Å²) < 4.78 is 2.00. The molecule has 0 saturated carbocycles. The first kappa shape index (κ1) is 11.0. The van der Waals surface area contributed by atoms with Gasteiger partial charge in [0.05, 0.1) is 18.0 Å². The van der Waals surface area contributed by atoms with Crippen molar-refractivity contribution in [3.63, 3.8) is 0 Å². The van der Waals surface area contributed by atoms with Crippen molar-refractivity contribution >= 4 is 11.3 Å². The van der Waals surface area contributed by atoms with Crippen LogP contribution in [0.5, 0.6) is 0 Å². The molecule has 2 heterocycles. The molecule has 0 aliphatic heterocycles. The van der Waals surface area contributed by atoms with E-state index in [-0.39, 0.29) is 6.61 Å². The second-order valence-corrected chi connectivity index (χ2v) is 5.35. The number of hydrogen-bond donors (Lipinski definition) is 1. The van der Waals surface area contributed by atoms with Gasteiger partial charge in [-0.3, -0.25) is 4.68 Å². The maximum atomic E-state index is 9.10. The van der Waals surface area contributed by atoms with Gasteiger partial charge < -0.3 is 5.11 Å². The molecule has 3 nitrogen and oxygen atoms in total. The number of fused-ring (bicyclic) bond motifs is 1. The summed E-state index contributed by atoms with van der Waals surface area (Å²) >= 11 is 1.74. The van der Waals surface area contributed by atoms with Gasteiger partial charge in [-0.15, -0.1) is 11.3 Å². The summed E-state index contributed by atoms with van der Waals surface area (Å²) in [5.74, 6) is 0. The van der Waals surface area contributed by atoms with E-state index in [0.717, 1.165) is 18.5 Å². The van der Waals surface area contributed by atoms with Crippen molar-refractivity contribution < 1.29 is 5.11 Å². The fourth-order valence-corrected chi connectivity index (χ4v) is 3.30. The Morgan fingerprint density at radius 3 is 3.00 bits per heavy atom. The lowest BCUT2D eigenvalue weighted by atomic mass is 9.95. The summed E-state index contributed by atoms with van der Waals surface area (Å²) in [5, 5.41) is 15.9. The molecule has 0 atom stereocenters. The number of nitrogens with zero attached hydrogens (tertiary/aromatic N) is 2. The molecular formula is C13H16N2OS. The Morgan fingerprint density at radius 2 is 2.24 bits per heavy atom. The highest BCUT2D eigenvalue weighted by Gasteiger charge is 2.21. The monoisotopic (exact) mass is 248 g/mol. The average molecular weight is 248 g/mol. The lowest BCUT2D eigenvalue weighted by Crippen LogP contribution is -2.11. The van der Waals surface area contributed by atoms with Gasteiger partial charge >= 0.3 is 0 Å². The molecule has 0 unspecified atom stereocenters. The van der Waals surface area contributed by atoms with E-state index in [1.165, 1.54) is 29.0 Å². The zero-order chi connectivity index (χ0) is 11.7. The predicted molar refractivity (Wildman–Crippen MR) is 69.3 cm³/mol. The molecule has 0 spiro atoms. The molecule has 0 amide bonds. The van der Waals surface area contributed by atoms with Gasteiger partial charge in [0.25, 0.3) is 0 Å². The average Bonchev–Trinajstić information content (AvgIpc) is 2.97. The van der Waals surface area contributed by atoms with Crippen LogP contribution in [0.15, 0.2) is 17.5 Å². The molecule has 4 heteroatoms. The first-order valence-corrected chi connectivity index (χ1v) is 7.01. The maximum absolute atomic E-state index is 9.10. The Balaban J connectivity index is 2.09. The lowest BCUT2D eigenvalue weighted by molar-refractivity contribution is 0.267. The zero-order valence-corrected chi connectivity index (χ0v) is 10.5. The minimum absolute atomic E-state index is 0.165. The van der Waals surface area contributed by atoms with E-state index >= 15 is 0 Å². The summed E-state index contributed by atoms with van der Waals surface area (Å²) in [5.41, 5.74) is 3.89. The number of aliphatic hydroxyl groups is 1. The van der Waals surface area contributed by atoms with Crippen LogP contribution in [-0.4, -0.2) is 21.5 Å². The molecule has 3 rings (SSSR count). The van der Waals surface area contributed by atoms with Gasteiger partial charge in [0.1, 0.15) is 5.69 Å². The van der Waals surface area contributed by atoms with E-state index in [9.17, 15) is 0 Å². The predicted octanol–water partition coefficient (Wildman–Crippen LogP) is 2.48. The largest absolute Gasteiger partial charge is 0.394 e. The zero-order valence-electron chi connectivity index (χ0n) is 9.72. The SMILES string of the molecule is OCCn1nc(-c2cccs2)c2c1CCCC2. The Kier molecular flexibility index (Phi) is 2.99. The minimum Gasteiger partial charge on any atom is -0.394 e. The molecule has 0 bridgehead atoms. The van der Waals surface area contributed by atoms with Gasteiger partial charge in [0.15, 0.2) is 0 Å². The van der Waals surface area contributed by atoms with Crippen molar-refractivity contribution in [2.45, 2.75) is 32.2 Å². The topological polar surface area (TPSA) is 38.0 Å². The highest BCUT2D eigenvalue weighted by Crippen LogP contribution is 2.33. The molecule has 0 radical (unpaired) electrons. The van der Waals surface area contributed by atoms with Crippen molar-refractivity contribution in [1.82, 2.24) is 9.78 Å². The van der Waals surface area contributed by atoms with Gasteiger partial charge in [-0.1, -0.05) is 6.07 Å². The molecule has 2 aromatic heterocycles. The van der Waals surface area contributed by atoms with Gasteiger partial charge in [-0.25, -0.2) is 0 Å². The summed E-state index contributed by atoms with van der Waals surface area (Å²) in [6, 6.07) is 4.20. The van der Waals surface area contributed by atoms with Gasteiger partial charge in [-0.2, -0.15) is 5.10 Å². The van der Waals surface area contributed by atoms with E-state index in [1.807, 2.05) is 4.68 Å². The first-order valence-electron chi connectivity index (χ1n) is 6.13. The Morgan fingerprint density at radius 1 is 1.35 bits per heavy atom. The molecule has 2 aromatic rings. The first-order chi connectivity index (χ1) is 8.40. The number of hydrogen-bond acceptors (Lipinski definition) is 3. The second-order valence-electron chi connectivity index (χ2n) is 4.41. The van der Waals surface area contributed by atoms with E-state index < -0.39 is 0 Å². The molecule has 1 N–H and O–H groups in total. The third-order valence-electron chi connectivity index (χ3n) is 3.32. The van der Waals surface area contributed by atoms with Crippen molar-refractivity contribution in [3.8, 4) is 10.6 Å². The van der Waals surface area contributed by atoms with Crippen LogP contribution in [0.1, 0.15) is 24.1 Å². The van der Waals surface area contributed by atoms with Crippen LogP contribution in [0.2, 0.25) is 0 Å². The van der Waals surface area contributed by atoms with Crippen LogP contribution >= 0.6 is 11.3 Å². The highest BCUT2D eigenvalue weighted by atomic mass is 32.1. The van der Waals surface area contributed by atoms with E-state index in [0.29, 0.717) is 6.54 Å². The molecule has 0 saturated heterocycles. The van der Waals surface area contributed by atoms with Gasteiger partial charge in [0.2, 0.25) is 0 Å². The van der Waals surface area contributed by atoms with Crippen LogP contribution < -0.4 is 0 Å². The van der Waals surface area contributed by atoms with Crippen LogP contribution in [-0.2, 0) is 19.4 Å². The molecule has 17 heavy (non-hydrogen) atoms. The van der Waals surface area contributed by atoms with Crippen molar-refractivity contribution in [2.75, 3.05) is 6.61 Å². The molecule has 0 aromatic carbocycles. The van der Waals surface area contributed by atoms with Crippen LogP contribution in [0.25, 0.3) is 10.6 Å². The number of aliphatic hydroxyl groups excluding tert-OH is 1. The van der Waals surface area contributed by atoms with Crippen molar-refractivity contribution in [1.29, 1.82) is 0 Å². The van der Waals surface area contributed by atoms with Crippen LogP contribution in [0, 0.1) is 0 Å². The fourth-order valence-electron chi connectivity index (χ4n) is 2.56. The van der Waals surface area contributed by atoms with E-state index in [4.69, 9.17) is 10.2 Å². The molecule has 1 aliphatic carbocycles. The molecular weight excluding hydrogens is 232 g/mol. The summed E-state index contributed by atoms with van der Waals surface area (Å²) in [7, 11) is 0. The second kappa shape index (κ2) is 4.63. The normalized spacial score (nSPS) is 14.9. The van der Waals surface area contributed by atoms with Gasteiger partial charge in [-0.05, 0) is 37.1 Å². The molecule has 90 valence electrons. The smallest absolute Gasteiger partial charge is 0.106 e. The Hall–Kier alpha value is -1.13. The maximum Gasteiger partial charge on any atom is 0.106 e. The highest BCUT2D eigenvalue weighted by molar-refractivity contribution is 7.13. The minimum atomic E-state index is 0.165. The van der Waals surface area contributed by atoms with E-state index in [1.54, 1.807) is 11.3 Å². The van der Waals surface area contributed by atoms with E-state index in [2.05, 4.69) is 17.5 Å². The summed E-state index contributed by atoms with van der Waals surface area (Å²) in [6.45, 7) is 0.783. The quantitative estimate of drug-likeness (QED) is 0.906.